The van der Waals surface area contributed by atoms with E-state index in [9.17, 15) is 0 Å². The number of rotatable bonds is 5. The third-order valence-corrected chi connectivity index (χ3v) is 8.59. The van der Waals surface area contributed by atoms with E-state index >= 15 is 0 Å². The van der Waals surface area contributed by atoms with Crippen molar-refractivity contribution in [3.05, 3.63) is 42.2 Å². The van der Waals surface area contributed by atoms with Crippen molar-refractivity contribution in [3.63, 3.8) is 0 Å². The van der Waals surface area contributed by atoms with Crippen LogP contribution in [0.4, 0.5) is 10.8 Å². The van der Waals surface area contributed by atoms with Gasteiger partial charge in [0.05, 0.1) is 34.2 Å². The molecule has 0 amide bonds. The lowest BCUT2D eigenvalue weighted by Crippen LogP contribution is -2.39. The molecule has 2 aliphatic rings. The van der Waals surface area contributed by atoms with Gasteiger partial charge in [-0.25, -0.2) is 4.52 Å². The lowest BCUT2D eigenvalue weighted by molar-refractivity contribution is 0.222. The van der Waals surface area contributed by atoms with Gasteiger partial charge in [0.2, 0.25) is 5.13 Å². The van der Waals surface area contributed by atoms with Crippen LogP contribution in [-0.4, -0.2) is 58.0 Å². The molecule has 6 heterocycles. The number of hydrogen-bond acceptors (Lipinski definition) is 9. The van der Waals surface area contributed by atoms with E-state index in [2.05, 4.69) is 36.9 Å². The van der Waals surface area contributed by atoms with E-state index in [0.29, 0.717) is 5.56 Å². The number of pyridine rings is 1. The van der Waals surface area contributed by atoms with Crippen LogP contribution in [0.15, 0.2) is 36.7 Å². The molecule has 10 heteroatoms. The molecule has 4 aromatic rings. The number of nitrogens with one attached hydrogen (secondary N) is 2. The first-order valence-corrected chi connectivity index (χ1v) is 13.4. The van der Waals surface area contributed by atoms with Gasteiger partial charge in [-0.2, -0.15) is 10.4 Å². The molecule has 2 saturated heterocycles. The SMILES string of the molecule is CNc1cc(-c2ccc3cc(C#N)cnn23)ncc1-c1nnc(N2CCC(C3CCNCC3)CC2)s1. The molecule has 2 fully saturated rings. The van der Waals surface area contributed by atoms with Crippen molar-refractivity contribution in [2.24, 2.45) is 11.8 Å². The molecule has 0 saturated carbocycles. The van der Waals surface area contributed by atoms with Gasteiger partial charge >= 0.3 is 0 Å². The number of fused-ring (bicyclic) bond motifs is 1. The number of aromatic nitrogens is 5. The van der Waals surface area contributed by atoms with Crippen LogP contribution in [-0.2, 0) is 0 Å². The molecule has 2 aliphatic heterocycles. The first-order valence-electron chi connectivity index (χ1n) is 12.6. The molecule has 9 nitrogen and oxygen atoms in total. The second kappa shape index (κ2) is 9.84. The molecule has 0 spiro atoms. The predicted octanol–water partition coefficient (Wildman–Crippen LogP) is 4.04. The maximum Gasteiger partial charge on any atom is 0.208 e. The minimum atomic E-state index is 0.536. The number of piperidine rings is 2. The van der Waals surface area contributed by atoms with Crippen LogP contribution in [0.2, 0.25) is 0 Å². The number of nitrogens with zero attached hydrogens (tertiary/aromatic N) is 7. The molecular formula is C26H29N9S. The van der Waals surface area contributed by atoms with Crippen molar-refractivity contribution >= 4 is 27.7 Å². The Balaban J connectivity index is 1.20. The Morgan fingerprint density at radius 2 is 1.86 bits per heavy atom. The molecule has 0 atom stereocenters. The van der Waals surface area contributed by atoms with E-state index in [1.165, 1.54) is 38.8 Å². The quantitative estimate of drug-likeness (QED) is 0.424. The zero-order chi connectivity index (χ0) is 24.5. The Morgan fingerprint density at radius 1 is 1.06 bits per heavy atom. The van der Waals surface area contributed by atoms with Crippen LogP contribution in [0.25, 0.3) is 27.5 Å². The van der Waals surface area contributed by atoms with Gasteiger partial charge in [-0.1, -0.05) is 11.3 Å². The van der Waals surface area contributed by atoms with E-state index in [-0.39, 0.29) is 0 Å². The monoisotopic (exact) mass is 499 g/mol. The first kappa shape index (κ1) is 22.9. The summed E-state index contributed by atoms with van der Waals surface area (Å²) < 4.78 is 1.80. The summed E-state index contributed by atoms with van der Waals surface area (Å²) in [5.74, 6) is 1.72. The summed E-state index contributed by atoms with van der Waals surface area (Å²) in [7, 11) is 1.91. The van der Waals surface area contributed by atoms with Gasteiger partial charge in [-0.15, -0.1) is 10.2 Å². The Bertz CT molecular complexity index is 1400. The van der Waals surface area contributed by atoms with Crippen molar-refractivity contribution in [3.8, 4) is 28.0 Å². The molecule has 0 radical (unpaired) electrons. The average Bonchev–Trinajstić information content (AvgIpc) is 3.61. The van der Waals surface area contributed by atoms with Gasteiger partial charge in [0.1, 0.15) is 6.07 Å². The molecule has 4 aromatic heterocycles. The van der Waals surface area contributed by atoms with Crippen molar-refractivity contribution in [1.82, 2.24) is 30.1 Å². The van der Waals surface area contributed by atoms with Crippen LogP contribution < -0.4 is 15.5 Å². The predicted molar refractivity (Wildman–Crippen MR) is 142 cm³/mol. The van der Waals surface area contributed by atoms with Crippen LogP contribution in [0, 0.1) is 23.2 Å². The van der Waals surface area contributed by atoms with E-state index in [0.717, 1.165) is 63.2 Å². The fraction of sp³-hybridized carbons (Fsp3) is 0.423. The Hall–Kier alpha value is -3.55. The third-order valence-electron chi connectivity index (χ3n) is 7.57. The molecule has 0 aliphatic carbocycles. The maximum absolute atomic E-state index is 9.14. The van der Waals surface area contributed by atoms with Gasteiger partial charge in [0.25, 0.3) is 0 Å². The Labute approximate surface area is 214 Å². The van der Waals surface area contributed by atoms with E-state index in [1.807, 2.05) is 37.5 Å². The fourth-order valence-corrected chi connectivity index (χ4v) is 6.48. The number of hydrogen-bond donors (Lipinski definition) is 2. The topological polar surface area (TPSA) is 107 Å². The summed E-state index contributed by atoms with van der Waals surface area (Å²) in [6.45, 7) is 4.46. The van der Waals surface area contributed by atoms with Crippen LogP contribution in [0.3, 0.4) is 0 Å². The van der Waals surface area contributed by atoms with Gasteiger partial charge in [0.15, 0.2) is 5.01 Å². The maximum atomic E-state index is 9.14. The second-order valence-corrected chi connectivity index (χ2v) is 10.5. The Kier molecular flexibility index (Phi) is 6.25. The molecule has 2 N–H and O–H groups in total. The normalized spacial score (nSPS) is 17.4. The fourth-order valence-electron chi connectivity index (χ4n) is 5.56. The van der Waals surface area contributed by atoms with Gasteiger partial charge < -0.3 is 15.5 Å². The molecule has 6 rings (SSSR count). The molecule has 0 unspecified atom stereocenters. The minimum Gasteiger partial charge on any atom is -0.387 e. The summed E-state index contributed by atoms with van der Waals surface area (Å²) in [6.07, 6.45) is 8.55. The highest BCUT2D eigenvalue weighted by Gasteiger charge is 2.29. The van der Waals surface area contributed by atoms with E-state index in [4.69, 9.17) is 10.2 Å². The molecule has 0 aromatic carbocycles. The first-order chi connectivity index (χ1) is 17.7. The van der Waals surface area contributed by atoms with Crippen LogP contribution >= 0.6 is 11.3 Å². The van der Waals surface area contributed by atoms with E-state index < -0.39 is 0 Å². The summed E-state index contributed by atoms with van der Waals surface area (Å²) in [4.78, 5) is 7.13. The standard InChI is InChI=1S/C26H29N9S/c1-28-22-13-23(24-3-2-20-12-17(14-27)15-31-35(20)24)30-16-21(22)25-32-33-26(36-25)34-10-6-19(7-11-34)18-4-8-29-9-5-18/h2-3,12-13,15-16,18-19,29H,4-11H2,1H3,(H,28,30). The minimum absolute atomic E-state index is 0.536. The summed E-state index contributed by atoms with van der Waals surface area (Å²) in [6, 6.07) is 9.89. The van der Waals surface area contributed by atoms with Gasteiger partial charge in [-0.3, -0.25) is 4.98 Å². The van der Waals surface area contributed by atoms with E-state index in [1.54, 1.807) is 22.0 Å². The Morgan fingerprint density at radius 3 is 2.64 bits per heavy atom. The highest BCUT2D eigenvalue weighted by Crippen LogP contribution is 2.37. The average molecular weight is 500 g/mol. The number of anilines is 2. The largest absolute Gasteiger partial charge is 0.387 e. The molecular weight excluding hydrogens is 470 g/mol. The molecule has 36 heavy (non-hydrogen) atoms. The van der Waals surface area contributed by atoms with Crippen LogP contribution in [0.1, 0.15) is 31.2 Å². The molecule has 184 valence electrons. The van der Waals surface area contributed by atoms with Crippen molar-refractivity contribution in [1.29, 1.82) is 5.26 Å². The highest BCUT2D eigenvalue weighted by molar-refractivity contribution is 7.18. The van der Waals surface area contributed by atoms with Gasteiger partial charge in [-0.05, 0) is 74.9 Å². The lowest BCUT2D eigenvalue weighted by Gasteiger charge is -2.37. The van der Waals surface area contributed by atoms with Crippen molar-refractivity contribution in [2.45, 2.75) is 25.7 Å². The second-order valence-electron chi connectivity index (χ2n) is 9.58. The van der Waals surface area contributed by atoms with Crippen molar-refractivity contribution < 1.29 is 0 Å². The smallest absolute Gasteiger partial charge is 0.208 e. The third kappa shape index (κ3) is 4.29. The van der Waals surface area contributed by atoms with Crippen molar-refractivity contribution in [2.75, 3.05) is 43.4 Å². The lowest BCUT2D eigenvalue weighted by atomic mass is 9.79. The van der Waals surface area contributed by atoms with Crippen LogP contribution in [0.5, 0.6) is 0 Å². The molecule has 0 bridgehead atoms. The zero-order valence-corrected chi connectivity index (χ0v) is 21.1. The number of nitriles is 1. The summed E-state index contributed by atoms with van der Waals surface area (Å²) in [5, 5.41) is 31.3. The summed E-state index contributed by atoms with van der Waals surface area (Å²) in [5.41, 5.74) is 4.94. The van der Waals surface area contributed by atoms with Gasteiger partial charge in [0, 0.05) is 32.0 Å². The highest BCUT2D eigenvalue weighted by atomic mass is 32.1. The zero-order valence-electron chi connectivity index (χ0n) is 20.3. The summed E-state index contributed by atoms with van der Waals surface area (Å²) >= 11 is 1.63.